The highest BCUT2D eigenvalue weighted by Crippen LogP contribution is 2.40. The fourth-order valence-electron chi connectivity index (χ4n) is 5.64. The Bertz CT molecular complexity index is 1080. The van der Waals surface area contributed by atoms with E-state index in [0.29, 0.717) is 24.5 Å². The molecule has 5 heteroatoms. The molecule has 2 aliphatic carbocycles. The first-order chi connectivity index (χ1) is 18.3. The van der Waals surface area contributed by atoms with Gasteiger partial charge in [0.2, 0.25) is 0 Å². The maximum absolute atomic E-state index is 14.3. The highest BCUT2D eigenvalue weighted by Gasteiger charge is 2.43. The number of carbonyl (C=O) groups is 1. The van der Waals surface area contributed by atoms with Gasteiger partial charge in [-0.05, 0) is 150 Å². The second-order valence-corrected chi connectivity index (χ2v) is 12.4. The van der Waals surface area contributed by atoms with Gasteiger partial charge in [0.05, 0.1) is 11.8 Å². The Kier molecular flexibility index (Phi) is 10.6. The van der Waals surface area contributed by atoms with E-state index in [4.69, 9.17) is 9.47 Å². The molecule has 3 nitrogen and oxygen atoms in total. The van der Waals surface area contributed by atoms with E-state index in [1.165, 1.54) is 16.7 Å². The van der Waals surface area contributed by atoms with Crippen LogP contribution in [0.5, 0.6) is 11.5 Å². The fourth-order valence-corrected chi connectivity index (χ4v) is 5.64. The number of hydrogen-bond donors (Lipinski definition) is 0. The van der Waals surface area contributed by atoms with Crippen LogP contribution in [0.25, 0.3) is 0 Å². The zero-order chi connectivity index (χ0) is 28.9. The molecule has 0 atom stereocenters. The number of hydrogen-bond acceptors (Lipinski definition) is 3. The Balaban J connectivity index is 0.000000216. The lowest BCUT2D eigenvalue weighted by molar-refractivity contribution is -0.223. The summed E-state index contributed by atoms with van der Waals surface area (Å²) in [6, 6.07) is 7.35. The van der Waals surface area contributed by atoms with Crippen molar-refractivity contribution in [1.82, 2.24) is 0 Å². The van der Waals surface area contributed by atoms with Gasteiger partial charge in [-0.15, -0.1) is 0 Å². The van der Waals surface area contributed by atoms with E-state index in [-0.39, 0.29) is 17.6 Å². The summed E-state index contributed by atoms with van der Waals surface area (Å²) in [5, 5.41) is 0. The van der Waals surface area contributed by atoms with Crippen LogP contribution in [0.15, 0.2) is 24.3 Å². The Hall–Kier alpha value is -2.43. The predicted octanol–water partition coefficient (Wildman–Crippen LogP) is 9.75. The number of alkyl halides is 2. The third kappa shape index (κ3) is 8.53. The summed E-state index contributed by atoms with van der Waals surface area (Å²) in [6.07, 6.45) is 4.03. The molecule has 2 aliphatic rings. The summed E-state index contributed by atoms with van der Waals surface area (Å²) >= 11 is 0. The van der Waals surface area contributed by atoms with Crippen LogP contribution in [0.3, 0.4) is 0 Å². The van der Waals surface area contributed by atoms with Gasteiger partial charge in [-0.25, -0.2) is 0 Å². The molecule has 2 aromatic carbocycles. The molecule has 0 aromatic heterocycles. The van der Waals surface area contributed by atoms with Crippen molar-refractivity contribution >= 4 is 5.97 Å². The van der Waals surface area contributed by atoms with Crippen LogP contribution in [0.4, 0.5) is 8.78 Å². The number of benzene rings is 2. The topological polar surface area (TPSA) is 35.5 Å². The van der Waals surface area contributed by atoms with Crippen LogP contribution in [0.2, 0.25) is 0 Å². The Labute approximate surface area is 234 Å². The zero-order valence-electron chi connectivity index (χ0n) is 25.3. The first-order valence-electron chi connectivity index (χ1n) is 14.7. The van der Waals surface area contributed by atoms with E-state index in [1.54, 1.807) is 12.1 Å². The van der Waals surface area contributed by atoms with Crippen molar-refractivity contribution < 1.29 is 23.0 Å². The predicted molar refractivity (Wildman–Crippen MR) is 155 cm³/mol. The van der Waals surface area contributed by atoms with Crippen LogP contribution < -0.4 is 9.47 Å². The van der Waals surface area contributed by atoms with E-state index in [2.05, 4.69) is 34.6 Å². The average Bonchev–Trinajstić information content (AvgIpc) is 2.86. The fraction of sp³-hybridized carbons (Fsp3) is 0.618. The summed E-state index contributed by atoms with van der Waals surface area (Å²) < 4.78 is 39.2. The molecule has 2 aromatic rings. The normalized spacial score (nSPS) is 23.4. The highest BCUT2D eigenvalue weighted by molar-refractivity contribution is 5.75. The molecule has 2 saturated carbocycles. The standard InChI is InChI=1S/C17H24F2O.C17H24O2/c1-11-5-7-15(8-6-11)17(18,19)20-16-9-12(2)14(4)13(3)10-16;1-11-5-7-15(8-6-11)17(18)19-16-9-12(2)14(4)13(3)10-16/h9-11,15H,5-8H2,1-4H3;9-11,15H,5-8H2,1-4H3. The summed E-state index contributed by atoms with van der Waals surface area (Å²) in [4.78, 5) is 12.2. The molecule has 4 rings (SSSR count). The van der Waals surface area contributed by atoms with E-state index in [9.17, 15) is 13.6 Å². The van der Waals surface area contributed by atoms with Crippen LogP contribution in [0.1, 0.15) is 98.6 Å². The van der Waals surface area contributed by atoms with Crippen molar-refractivity contribution in [3.63, 3.8) is 0 Å². The molecule has 0 radical (unpaired) electrons. The van der Waals surface area contributed by atoms with Crippen molar-refractivity contribution in [3.8, 4) is 11.5 Å². The molecular weight excluding hydrogens is 494 g/mol. The Morgan fingerprint density at radius 3 is 1.49 bits per heavy atom. The van der Waals surface area contributed by atoms with Crippen LogP contribution in [-0.4, -0.2) is 12.1 Å². The minimum Gasteiger partial charge on any atom is -0.432 e. The van der Waals surface area contributed by atoms with Gasteiger partial charge in [0.15, 0.2) is 0 Å². The second kappa shape index (κ2) is 13.3. The van der Waals surface area contributed by atoms with Gasteiger partial charge >= 0.3 is 12.1 Å². The molecule has 0 N–H and O–H groups in total. The molecule has 39 heavy (non-hydrogen) atoms. The Morgan fingerprint density at radius 2 is 1.05 bits per heavy atom. The smallest absolute Gasteiger partial charge is 0.400 e. The molecule has 0 spiro atoms. The largest absolute Gasteiger partial charge is 0.432 e. The lowest BCUT2D eigenvalue weighted by Gasteiger charge is -2.32. The molecule has 0 aliphatic heterocycles. The van der Waals surface area contributed by atoms with Gasteiger partial charge in [0.1, 0.15) is 11.5 Å². The maximum Gasteiger partial charge on any atom is 0.400 e. The molecule has 0 saturated heterocycles. The van der Waals surface area contributed by atoms with E-state index in [1.807, 2.05) is 32.9 Å². The van der Waals surface area contributed by atoms with Crippen LogP contribution in [-0.2, 0) is 4.79 Å². The quantitative estimate of drug-likeness (QED) is 0.279. The van der Waals surface area contributed by atoms with Crippen molar-refractivity contribution in [2.45, 2.75) is 113 Å². The summed E-state index contributed by atoms with van der Waals surface area (Å²) in [7, 11) is 0. The van der Waals surface area contributed by atoms with Gasteiger partial charge in [0, 0.05) is 0 Å². The number of carbonyl (C=O) groups excluding carboxylic acids is 1. The zero-order valence-corrected chi connectivity index (χ0v) is 25.3. The molecular formula is C34H48F2O3. The second-order valence-electron chi connectivity index (χ2n) is 12.4. The van der Waals surface area contributed by atoms with Crippen LogP contribution in [0, 0.1) is 65.2 Å². The maximum atomic E-state index is 14.3. The van der Waals surface area contributed by atoms with E-state index in [0.717, 1.165) is 61.1 Å². The number of ether oxygens (including phenoxy) is 2. The van der Waals surface area contributed by atoms with Gasteiger partial charge in [0.25, 0.3) is 0 Å². The number of aryl methyl sites for hydroxylation is 4. The third-order valence-electron chi connectivity index (χ3n) is 9.11. The summed E-state index contributed by atoms with van der Waals surface area (Å²) in [5.41, 5.74) is 6.75. The first-order valence-corrected chi connectivity index (χ1v) is 14.7. The van der Waals surface area contributed by atoms with Gasteiger partial charge < -0.3 is 9.47 Å². The average molecular weight is 543 g/mol. The summed E-state index contributed by atoms with van der Waals surface area (Å²) in [5.74, 6) is 1.70. The van der Waals surface area contributed by atoms with Crippen LogP contribution >= 0.6 is 0 Å². The van der Waals surface area contributed by atoms with Crippen molar-refractivity contribution in [2.24, 2.45) is 23.7 Å². The number of rotatable bonds is 5. The Morgan fingerprint density at radius 1 is 0.667 bits per heavy atom. The van der Waals surface area contributed by atoms with Crippen molar-refractivity contribution in [2.75, 3.05) is 0 Å². The molecule has 0 unspecified atom stereocenters. The van der Waals surface area contributed by atoms with Gasteiger partial charge in [-0.1, -0.05) is 26.7 Å². The minimum atomic E-state index is -3.06. The molecule has 216 valence electrons. The summed E-state index contributed by atoms with van der Waals surface area (Å²) in [6.45, 7) is 16.4. The van der Waals surface area contributed by atoms with Gasteiger partial charge in [-0.3, -0.25) is 4.79 Å². The van der Waals surface area contributed by atoms with E-state index < -0.39 is 12.0 Å². The molecule has 0 amide bonds. The number of esters is 1. The van der Waals surface area contributed by atoms with Crippen molar-refractivity contribution in [1.29, 1.82) is 0 Å². The molecule has 0 heterocycles. The lowest BCUT2D eigenvalue weighted by atomic mass is 9.82. The van der Waals surface area contributed by atoms with Crippen molar-refractivity contribution in [3.05, 3.63) is 57.6 Å². The monoisotopic (exact) mass is 542 g/mol. The minimum absolute atomic E-state index is 0.0467. The number of halogens is 2. The lowest BCUT2D eigenvalue weighted by Crippen LogP contribution is -2.37. The third-order valence-corrected chi connectivity index (χ3v) is 9.11. The highest BCUT2D eigenvalue weighted by atomic mass is 19.3. The molecule has 0 bridgehead atoms. The van der Waals surface area contributed by atoms with E-state index >= 15 is 0 Å². The first kappa shape index (κ1) is 31.1. The SMILES string of the molecule is Cc1cc(OC(=O)C2CCC(C)CC2)cc(C)c1C.Cc1cc(OC(F)(F)C2CCC(C)CC2)cc(C)c1C. The molecule has 2 fully saturated rings. The van der Waals surface area contributed by atoms with Gasteiger partial charge in [-0.2, -0.15) is 8.78 Å².